The van der Waals surface area contributed by atoms with E-state index < -0.39 is 80.4 Å². The average Bonchev–Trinajstić information content (AvgIpc) is 2.91. The summed E-state index contributed by atoms with van der Waals surface area (Å²) in [5, 5.41) is 76.3. The van der Waals surface area contributed by atoms with Crippen molar-refractivity contribution in [3.8, 4) is 0 Å². The number of aliphatic carboxylic acids is 1. The Bertz CT molecular complexity index is 458. The number of rotatable bonds is 6. The van der Waals surface area contributed by atoms with Gasteiger partial charge in [-0.05, 0) is 0 Å². The van der Waals surface area contributed by atoms with E-state index in [1.54, 1.807) is 0 Å². The van der Waals surface area contributed by atoms with Crippen molar-refractivity contribution in [1.29, 1.82) is 0 Å². The van der Waals surface area contributed by atoms with Gasteiger partial charge in [-0.3, -0.25) is 0 Å². The third-order valence-electron chi connectivity index (χ3n) is 4.22. The van der Waals surface area contributed by atoms with Crippen LogP contribution in [0, 0.1) is 0 Å². The van der Waals surface area contributed by atoms with Crippen molar-refractivity contribution in [3.05, 3.63) is 0 Å². The van der Waals surface area contributed by atoms with Crippen LogP contribution >= 0.6 is 0 Å². The van der Waals surface area contributed by atoms with Crippen LogP contribution in [0.1, 0.15) is 0 Å². The maximum absolute atomic E-state index is 11.3. The summed E-state index contributed by atoms with van der Waals surface area (Å²) >= 11 is 0. The van der Waals surface area contributed by atoms with Crippen LogP contribution in [0.4, 0.5) is 0 Å². The summed E-state index contributed by atoms with van der Waals surface area (Å²) < 4.78 is 15.3. The molecular formula is C13H22O12. The van der Waals surface area contributed by atoms with Gasteiger partial charge in [0.2, 0.25) is 0 Å². The predicted molar refractivity (Wildman–Crippen MR) is 74.0 cm³/mol. The number of hydrogen-bond donors (Lipinski definition) is 8. The summed E-state index contributed by atoms with van der Waals surface area (Å²) in [7, 11) is 0. The van der Waals surface area contributed by atoms with Crippen molar-refractivity contribution < 1.29 is 59.9 Å². The van der Waals surface area contributed by atoms with Crippen molar-refractivity contribution in [2.24, 2.45) is 0 Å². The van der Waals surface area contributed by atoms with Gasteiger partial charge in [0.15, 0.2) is 12.4 Å². The lowest BCUT2D eigenvalue weighted by Crippen LogP contribution is -2.60. The van der Waals surface area contributed by atoms with E-state index in [2.05, 4.69) is 0 Å². The lowest BCUT2D eigenvalue weighted by atomic mass is 9.98. The average molecular weight is 370 g/mol. The Morgan fingerprint density at radius 2 is 1.64 bits per heavy atom. The minimum Gasteiger partial charge on any atom is -0.479 e. The van der Waals surface area contributed by atoms with E-state index in [0.717, 1.165) is 0 Å². The fraction of sp³-hybridized carbons (Fsp3) is 0.923. The summed E-state index contributed by atoms with van der Waals surface area (Å²) in [4.78, 5) is 11.3. The number of hydrogen-bond acceptors (Lipinski definition) is 11. The normalized spacial score (nSPS) is 46.1. The fourth-order valence-corrected chi connectivity index (χ4v) is 2.80. The molecule has 2 aliphatic rings. The Hall–Kier alpha value is -0.930. The largest absolute Gasteiger partial charge is 0.479 e. The molecule has 0 unspecified atom stereocenters. The summed E-state index contributed by atoms with van der Waals surface area (Å²) in [6, 6.07) is 0. The standard InChI is InChI=1S/C13H22O12/c14-1-3(16)9-8(20)10(11(24-9)12(21)22)25-13-7(19)6(18)5(17)4(2-15)23-13/h3-11,13-20H,1-2H2,(H,21,22)/t3-,4-,5-,6+,7-,8+,9-,10-,11-,13-/m1/s1. The van der Waals surface area contributed by atoms with Crippen LogP contribution in [0.15, 0.2) is 0 Å². The molecule has 2 fully saturated rings. The topological polar surface area (TPSA) is 207 Å². The monoisotopic (exact) mass is 370 g/mol. The number of carboxylic acid groups (broad SMARTS) is 1. The van der Waals surface area contributed by atoms with Crippen LogP contribution in [0.25, 0.3) is 0 Å². The van der Waals surface area contributed by atoms with Crippen molar-refractivity contribution in [1.82, 2.24) is 0 Å². The summed E-state index contributed by atoms with van der Waals surface area (Å²) in [5.74, 6) is -1.54. The van der Waals surface area contributed by atoms with Crippen LogP contribution in [0.3, 0.4) is 0 Å². The van der Waals surface area contributed by atoms with Gasteiger partial charge >= 0.3 is 5.97 Å². The summed E-state index contributed by atoms with van der Waals surface area (Å²) in [5.41, 5.74) is 0. The van der Waals surface area contributed by atoms with E-state index in [9.17, 15) is 30.3 Å². The van der Waals surface area contributed by atoms with Crippen LogP contribution in [0.5, 0.6) is 0 Å². The molecule has 146 valence electrons. The van der Waals surface area contributed by atoms with Gasteiger partial charge in [-0.2, -0.15) is 0 Å². The number of aliphatic hydroxyl groups is 7. The molecule has 0 aliphatic carbocycles. The molecule has 10 atom stereocenters. The lowest BCUT2D eigenvalue weighted by Gasteiger charge is -2.41. The van der Waals surface area contributed by atoms with Gasteiger partial charge in [0, 0.05) is 0 Å². The number of carbonyl (C=O) groups is 1. The van der Waals surface area contributed by atoms with Gasteiger partial charge in [0.1, 0.15) is 48.8 Å². The van der Waals surface area contributed by atoms with Crippen molar-refractivity contribution in [3.63, 3.8) is 0 Å². The molecule has 2 heterocycles. The van der Waals surface area contributed by atoms with Crippen LogP contribution in [-0.4, -0.2) is 121 Å². The molecule has 0 bridgehead atoms. The maximum Gasteiger partial charge on any atom is 0.335 e. The van der Waals surface area contributed by atoms with Gasteiger partial charge in [-0.1, -0.05) is 0 Å². The zero-order valence-electron chi connectivity index (χ0n) is 12.9. The highest BCUT2D eigenvalue weighted by Crippen LogP contribution is 2.31. The first kappa shape index (κ1) is 20.4. The predicted octanol–water partition coefficient (Wildman–Crippen LogP) is -5.26. The highest BCUT2D eigenvalue weighted by atomic mass is 16.7. The first-order chi connectivity index (χ1) is 11.7. The minimum absolute atomic E-state index is 0.720. The number of ether oxygens (including phenoxy) is 3. The van der Waals surface area contributed by atoms with Crippen molar-refractivity contribution >= 4 is 5.97 Å². The zero-order chi connectivity index (χ0) is 18.9. The second-order valence-electron chi connectivity index (χ2n) is 5.90. The molecule has 0 aromatic rings. The molecule has 0 aromatic carbocycles. The Morgan fingerprint density at radius 1 is 1.00 bits per heavy atom. The summed E-state index contributed by atoms with van der Waals surface area (Å²) in [6.45, 7) is -1.52. The maximum atomic E-state index is 11.3. The second-order valence-corrected chi connectivity index (χ2v) is 5.90. The number of carboxylic acids is 1. The van der Waals surface area contributed by atoms with E-state index in [0.29, 0.717) is 0 Å². The number of aliphatic hydroxyl groups excluding tert-OH is 7. The Kier molecular flexibility index (Phi) is 6.67. The summed E-state index contributed by atoms with van der Waals surface area (Å²) in [6.07, 6.45) is -16.3. The van der Waals surface area contributed by atoms with E-state index in [-0.39, 0.29) is 0 Å². The van der Waals surface area contributed by atoms with Gasteiger partial charge in [-0.25, -0.2) is 4.79 Å². The smallest absolute Gasteiger partial charge is 0.335 e. The lowest BCUT2D eigenvalue weighted by molar-refractivity contribution is -0.317. The van der Waals surface area contributed by atoms with Crippen LogP contribution < -0.4 is 0 Å². The van der Waals surface area contributed by atoms with E-state index >= 15 is 0 Å². The third kappa shape index (κ3) is 3.93. The molecule has 12 heteroatoms. The highest BCUT2D eigenvalue weighted by molar-refractivity contribution is 5.73. The zero-order valence-corrected chi connectivity index (χ0v) is 12.9. The quantitative estimate of drug-likeness (QED) is 0.221. The molecule has 25 heavy (non-hydrogen) atoms. The molecular weight excluding hydrogens is 348 g/mol. The molecule has 2 rings (SSSR count). The van der Waals surface area contributed by atoms with Gasteiger partial charge < -0.3 is 55.1 Å². The Labute approximate surface area is 141 Å². The van der Waals surface area contributed by atoms with E-state index in [1.165, 1.54) is 0 Å². The molecule has 0 amide bonds. The molecule has 2 aliphatic heterocycles. The van der Waals surface area contributed by atoms with Gasteiger partial charge in [0.25, 0.3) is 0 Å². The van der Waals surface area contributed by atoms with E-state index in [4.69, 9.17) is 29.5 Å². The molecule has 2 saturated heterocycles. The van der Waals surface area contributed by atoms with E-state index in [1.807, 2.05) is 0 Å². The van der Waals surface area contributed by atoms with Crippen LogP contribution in [-0.2, 0) is 19.0 Å². The first-order valence-corrected chi connectivity index (χ1v) is 7.54. The Morgan fingerprint density at radius 3 is 2.16 bits per heavy atom. The van der Waals surface area contributed by atoms with Crippen molar-refractivity contribution in [2.75, 3.05) is 13.2 Å². The fourth-order valence-electron chi connectivity index (χ4n) is 2.80. The SMILES string of the molecule is O=C(O)[C@@H]1O[C@H]([C@H](O)CO)[C@H](O)[C@H]1O[C@H]1O[C@H](CO)[C@@H](O)[C@H](O)[C@H]1O. The van der Waals surface area contributed by atoms with Gasteiger partial charge in [0.05, 0.1) is 13.2 Å². The van der Waals surface area contributed by atoms with Crippen LogP contribution in [0.2, 0.25) is 0 Å². The molecule has 8 N–H and O–H groups in total. The molecule has 0 saturated carbocycles. The van der Waals surface area contributed by atoms with Crippen molar-refractivity contribution in [2.45, 2.75) is 61.2 Å². The first-order valence-electron chi connectivity index (χ1n) is 7.54. The molecule has 12 nitrogen and oxygen atoms in total. The molecule has 0 aromatic heterocycles. The third-order valence-corrected chi connectivity index (χ3v) is 4.22. The minimum atomic E-state index is -1.80. The Balaban J connectivity index is 2.16. The highest BCUT2D eigenvalue weighted by Gasteiger charge is 2.54. The molecule has 0 spiro atoms. The second kappa shape index (κ2) is 8.18. The molecule has 0 radical (unpaired) electrons. The van der Waals surface area contributed by atoms with Gasteiger partial charge in [-0.15, -0.1) is 0 Å².